The van der Waals surface area contributed by atoms with Crippen LogP contribution in [0.2, 0.25) is 0 Å². The molecule has 1 aromatic rings. The fourth-order valence-electron chi connectivity index (χ4n) is 1.82. The predicted molar refractivity (Wildman–Crippen MR) is 102 cm³/mol. The molecule has 0 atom stereocenters. The third-order valence-electron chi connectivity index (χ3n) is 3.16. The van der Waals surface area contributed by atoms with Crippen molar-refractivity contribution in [2.45, 2.75) is 19.4 Å². The topological polar surface area (TPSA) is 87.5 Å². The maximum Gasteiger partial charge on any atom is 0.251 e. The molecule has 0 unspecified atom stereocenters. The van der Waals surface area contributed by atoms with Gasteiger partial charge in [0.15, 0.2) is 0 Å². The van der Waals surface area contributed by atoms with E-state index in [1.54, 1.807) is 12.1 Å². The highest BCUT2D eigenvalue weighted by Gasteiger charge is 2.05. The zero-order valence-corrected chi connectivity index (χ0v) is 15.8. The van der Waals surface area contributed by atoms with Crippen molar-refractivity contribution in [1.82, 2.24) is 15.5 Å². The number of hydrogen-bond donors (Lipinski definition) is 3. The second-order valence-corrected chi connectivity index (χ2v) is 5.43. The smallest absolute Gasteiger partial charge is 0.251 e. The van der Waals surface area contributed by atoms with Gasteiger partial charge < -0.3 is 21.3 Å². The summed E-state index contributed by atoms with van der Waals surface area (Å²) in [5.41, 5.74) is 6.95. The van der Waals surface area contributed by atoms with Crippen molar-refractivity contribution in [3.63, 3.8) is 0 Å². The van der Waals surface area contributed by atoms with Gasteiger partial charge in [-0.25, -0.2) is 0 Å². The van der Waals surface area contributed by atoms with Crippen LogP contribution in [0.3, 0.4) is 0 Å². The third kappa shape index (κ3) is 10.4. The van der Waals surface area contributed by atoms with Crippen LogP contribution in [0.15, 0.2) is 24.3 Å². The average molecular weight is 379 g/mol. The van der Waals surface area contributed by atoms with E-state index >= 15 is 0 Å². The molecule has 1 rings (SSSR count). The molecule has 6 nitrogen and oxygen atoms in total. The Bertz CT molecular complexity index is 481. The summed E-state index contributed by atoms with van der Waals surface area (Å²) in [5, 5.41) is 5.69. The number of nitrogens with one attached hydrogen (secondary N) is 2. The monoisotopic (exact) mass is 378 g/mol. The summed E-state index contributed by atoms with van der Waals surface area (Å²) in [7, 11) is 3.92. The Morgan fingerprint density at radius 3 is 2.25 bits per heavy atom. The van der Waals surface area contributed by atoms with E-state index in [0.29, 0.717) is 38.0 Å². The SMILES string of the molecule is CN(C)CCNC(=O)c1ccc(CNC(=O)CCCN)cc1.Cl.Cl. The molecular formula is C16H28Cl2N4O2. The Morgan fingerprint density at radius 1 is 1.08 bits per heavy atom. The van der Waals surface area contributed by atoms with Crippen molar-refractivity contribution in [2.24, 2.45) is 5.73 Å². The number of nitrogens with two attached hydrogens (primary N) is 1. The van der Waals surface area contributed by atoms with Gasteiger partial charge in [-0.1, -0.05) is 12.1 Å². The van der Waals surface area contributed by atoms with Gasteiger partial charge in [0.25, 0.3) is 5.91 Å². The summed E-state index contributed by atoms with van der Waals surface area (Å²) >= 11 is 0. The van der Waals surface area contributed by atoms with Gasteiger partial charge in [-0.2, -0.15) is 0 Å². The van der Waals surface area contributed by atoms with Crippen LogP contribution in [0.4, 0.5) is 0 Å². The minimum atomic E-state index is -0.0830. The largest absolute Gasteiger partial charge is 0.352 e. The van der Waals surface area contributed by atoms with Gasteiger partial charge in [0.2, 0.25) is 5.91 Å². The maximum absolute atomic E-state index is 11.9. The number of rotatable bonds is 9. The van der Waals surface area contributed by atoms with Crippen LogP contribution in [0.1, 0.15) is 28.8 Å². The van der Waals surface area contributed by atoms with Crippen molar-refractivity contribution < 1.29 is 9.59 Å². The lowest BCUT2D eigenvalue weighted by Gasteiger charge is -2.10. The van der Waals surface area contributed by atoms with Gasteiger partial charge >= 0.3 is 0 Å². The first kappa shape index (κ1) is 24.9. The first-order chi connectivity index (χ1) is 10.5. The minimum Gasteiger partial charge on any atom is -0.352 e. The van der Waals surface area contributed by atoms with E-state index in [1.165, 1.54) is 0 Å². The molecule has 0 bridgehead atoms. The standard InChI is InChI=1S/C16H26N4O2.2ClH/c1-20(2)11-10-18-16(22)14-7-5-13(6-8-14)12-19-15(21)4-3-9-17;;/h5-8H,3-4,9-12,17H2,1-2H3,(H,18,22)(H,19,21);2*1H. The minimum absolute atomic E-state index is 0. The molecule has 1 aromatic carbocycles. The fourth-order valence-corrected chi connectivity index (χ4v) is 1.82. The van der Waals surface area contributed by atoms with Crippen LogP contribution in [-0.4, -0.2) is 50.4 Å². The number of benzene rings is 1. The van der Waals surface area contributed by atoms with Gasteiger partial charge in [0.05, 0.1) is 0 Å². The molecule has 0 saturated heterocycles. The lowest BCUT2D eigenvalue weighted by molar-refractivity contribution is -0.121. The normalized spacial score (nSPS) is 9.67. The molecule has 0 aromatic heterocycles. The van der Waals surface area contributed by atoms with E-state index in [4.69, 9.17) is 5.73 Å². The Balaban J connectivity index is 0. The number of amides is 2. The molecule has 4 N–H and O–H groups in total. The van der Waals surface area contributed by atoms with E-state index in [-0.39, 0.29) is 36.6 Å². The molecular weight excluding hydrogens is 351 g/mol. The number of carbonyl (C=O) groups is 2. The molecule has 138 valence electrons. The molecule has 0 aliphatic carbocycles. The van der Waals surface area contributed by atoms with Gasteiger partial charge in [-0.05, 0) is 44.8 Å². The molecule has 0 saturated carbocycles. The van der Waals surface area contributed by atoms with E-state index < -0.39 is 0 Å². The van der Waals surface area contributed by atoms with Crippen molar-refractivity contribution in [1.29, 1.82) is 0 Å². The second-order valence-electron chi connectivity index (χ2n) is 5.43. The van der Waals surface area contributed by atoms with E-state index in [0.717, 1.165) is 12.1 Å². The summed E-state index contributed by atoms with van der Waals surface area (Å²) in [6.45, 7) is 2.40. The third-order valence-corrected chi connectivity index (χ3v) is 3.16. The van der Waals surface area contributed by atoms with E-state index in [1.807, 2.05) is 31.1 Å². The molecule has 0 radical (unpaired) electrons. The van der Waals surface area contributed by atoms with Crippen LogP contribution < -0.4 is 16.4 Å². The summed E-state index contributed by atoms with van der Waals surface area (Å²) < 4.78 is 0. The molecule has 8 heteroatoms. The predicted octanol–water partition coefficient (Wildman–Crippen LogP) is 1.18. The number of carbonyl (C=O) groups excluding carboxylic acids is 2. The lowest BCUT2D eigenvalue weighted by Crippen LogP contribution is -2.31. The summed E-state index contributed by atoms with van der Waals surface area (Å²) in [5.74, 6) is -0.0867. The van der Waals surface area contributed by atoms with Gasteiger partial charge in [-0.3, -0.25) is 9.59 Å². The molecule has 0 fully saturated rings. The second kappa shape index (κ2) is 14.0. The van der Waals surface area contributed by atoms with Crippen LogP contribution in [0.25, 0.3) is 0 Å². The van der Waals surface area contributed by atoms with Crippen LogP contribution in [0, 0.1) is 0 Å². The van der Waals surface area contributed by atoms with Gasteiger partial charge in [-0.15, -0.1) is 24.8 Å². The summed E-state index contributed by atoms with van der Waals surface area (Å²) in [6.07, 6.45) is 1.14. The van der Waals surface area contributed by atoms with Gasteiger partial charge in [0.1, 0.15) is 0 Å². The quantitative estimate of drug-likeness (QED) is 0.601. The number of hydrogen-bond acceptors (Lipinski definition) is 4. The number of halogens is 2. The molecule has 0 spiro atoms. The average Bonchev–Trinajstić information content (AvgIpc) is 2.51. The first-order valence-corrected chi connectivity index (χ1v) is 7.51. The van der Waals surface area contributed by atoms with Crippen LogP contribution >= 0.6 is 24.8 Å². The first-order valence-electron chi connectivity index (χ1n) is 7.51. The van der Waals surface area contributed by atoms with E-state index in [2.05, 4.69) is 10.6 Å². The zero-order chi connectivity index (χ0) is 16.4. The molecule has 2 amide bonds. The van der Waals surface area contributed by atoms with Crippen LogP contribution in [0.5, 0.6) is 0 Å². The Labute approximate surface area is 156 Å². The molecule has 0 aliphatic heterocycles. The Morgan fingerprint density at radius 2 is 1.71 bits per heavy atom. The highest BCUT2D eigenvalue weighted by molar-refractivity contribution is 5.94. The van der Waals surface area contributed by atoms with E-state index in [9.17, 15) is 9.59 Å². The molecule has 24 heavy (non-hydrogen) atoms. The van der Waals surface area contributed by atoms with Crippen molar-refractivity contribution in [3.05, 3.63) is 35.4 Å². The summed E-state index contributed by atoms with van der Waals surface area (Å²) in [4.78, 5) is 25.4. The Kier molecular flexibility index (Phi) is 14.6. The van der Waals surface area contributed by atoms with Crippen molar-refractivity contribution in [2.75, 3.05) is 33.7 Å². The highest BCUT2D eigenvalue weighted by atomic mass is 35.5. The summed E-state index contributed by atoms with van der Waals surface area (Å²) in [6, 6.07) is 7.24. The van der Waals surface area contributed by atoms with Crippen LogP contribution in [-0.2, 0) is 11.3 Å². The zero-order valence-electron chi connectivity index (χ0n) is 14.2. The number of nitrogens with zero attached hydrogens (tertiary/aromatic N) is 1. The highest BCUT2D eigenvalue weighted by Crippen LogP contribution is 2.04. The van der Waals surface area contributed by atoms with Crippen molar-refractivity contribution >= 4 is 36.6 Å². The molecule has 0 aliphatic rings. The Hall–Kier alpha value is -1.34. The lowest BCUT2D eigenvalue weighted by atomic mass is 10.1. The molecule has 0 heterocycles. The fraction of sp³-hybridized carbons (Fsp3) is 0.500. The van der Waals surface area contributed by atoms with Crippen molar-refractivity contribution in [3.8, 4) is 0 Å². The maximum atomic E-state index is 11.9. The van der Waals surface area contributed by atoms with Gasteiger partial charge in [0, 0.05) is 31.6 Å². The number of likely N-dealkylation sites (N-methyl/N-ethyl adjacent to an activating group) is 1.